The van der Waals surface area contributed by atoms with E-state index in [1.165, 1.54) is 16.2 Å². The number of hydrogen-bond donors (Lipinski definition) is 1. The lowest BCUT2D eigenvalue weighted by Crippen LogP contribution is -2.36. The van der Waals surface area contributed by atoms with Gasteiger partial charge < -0.3 is 5.73 Å². The predicted octanol–water partition coefficient (Wildman–Crippen LogP) is 1.83. The molecule has 0 unspecified atom stereocenters. The first-order valence-corrected chi connectivity index (χ1v) is 5.10. The minimum Gasteiger partial charge on any atom is -0.351 e. The maximum Gasteiger partial charge on any atom is 0.321 e. The molecule has 0 bridgehead atoms. The average molecular weight is 199 g/mol. The molecule has 13 heavy (non-hydrogen) atoms. The zero-order valence-corrected chi connectivity index (χ0v) is 8.38. The lowest BCUT2D eigenvalue weighted by molar-refractivity contribution is 0.254. The van der Waals surface area contributed by atoms with Gasteiger partial charge in [0.25, 0.3) is 0 Å². The van der Waals surface area contributed by atoms with Gasteiger partial charge in [-0.05, 0) is 6.42 Å². The molecule has 0 aromatic carbocycles. The molecule has 0 fully saturated rings. The van der Waals surface area contributed by atoms with Gasteiger partial charge in [0, 0.05) is 18.1 Å². The fraction of sp³-hybridized carbons (Fsp3) is 0.500. The van der Waals surface area contributed by atoms with E-state index in [4.69, 9.17) is 5.73 Å². The summed E-state index contributed by atoms with van der Waals surface area (Å²) in [6, 6.07) is -0.427. The standard InChI is InChI=1S/C8H13N3OS/c1-2-3-5-11(7(9)12)8-10-4-6-13-8/h4,6H,2-3,5H2,1H3,(H2,9,12). The van der Waals surface area contributed by atoms with Crippen molar-refractivity contribution in [2.45, 2.75) is 19.8 Å². The molecule has 2 amide bonds. The molecule has 72 valence electrons. The van der Waals surface area contributed by atoms with E-state index in [0.717, 1.165) is 12.8 Å². The number of urea groups is 1. The molecule has 1 aromatic rings. The van der Waals surface area contributed by atoms with Gasteiger partial charge in [-0.1, -0.05) is 13.3 Å². The monoisotopic (exact) mass is 199 g/mol. The fourth-order valence-corrected chi connectivity index (χ4v) is 1.64. The Morgan fingerprint density at radius 3 is 3.00 bits per heavy atom. The van der Waals surface area contributed by atoms with Crippen LogP contribution in [-0.2, 0) is 0 Å². The largest absolute Gasteiger partial charge is 0.351 e. The molecule has 1 rings (SSSR count). The molecular formula is C8H13N3OS. The Balaban J connectivity index is 2.63. The summed E-state index contributed by atoms with van der Waals surface area (Å²) < 4.78 is 0. The Bertz CT molecular complexity index is 260. The SMILES string of the molecule is CCCCN(C(N)=O)c1nccs1. The summed E-state index contributed by atoms with van der Waals surface area (Å²) in [6.07, 6.45) is 3.65. The van der Waals surface area contributed by atoms with Crippen molar-refractivity contribution in [3.05, 3.63) is 11.6 Å². The van der Waals surface area contributed by atoms with Crippen LogP contribution in [0, 0.1) is 0 Å². The molecule has 0 aliphatic heterocycles. The van der Waals surface area contributed by atoms with Crippen molar-refractivity contribution in [3.8, 4) is 0 Å². The van der Waals surface area contributed by atoms with E-state index in [9.17, 15) is 4.79 Å². The highest BCUT2D eigenvalue weighted by atomic mass is 32.1. The zero-order chi connectivity index (χ0) is 9.68. The van der Waals surface area contributed by atoms with Gasteiger partial charge in [-0.2, -0.15) is 0 Å². The molecule has 1 aromatic heterocycles. The zero-order valence-electron chi connectivity index (χ0n) is 7.56. The second-order valence-electron chi connectivity index (χ2n) is 2.66. The number of rotatable bonds is 4. The molecule has 0 saturated carbocycles. The van der Waals surface area contributed by atoms with Gasteiger partial charge in [0.15, 0.2) is 5.13 Å². The number of aromatic nitrogens is 1. The fourth-order valence-electron chi connectivity index (χ4n) is 0.966. The van der Waals surface area contributed by atoms with Crippen molar-refractivity contribution in [3.63, 3.8) is 0 Å². The molecule has 5 heteroatoms. The molecular weight excluding hydrogens is 186 g/mol. The van der Waals surface area contributed by atoms with E-state index >= 15 is 0 Å². The Hall–Kier alpha value is -1.10. The summed E-state index contributed by atoms with van der Waals surface area (Å²) >= 11 is 1.42. The highest BCUT2D eigenvalue weighted by Crippen LogP contribution is 2.17. The quantitative estimate of drug-likeness (QED) is 0.804. The van der Waals surface area contributed by atoms with Crippen molar-refractivity contribution in [2.24, 2.45) is 5.73 Å². The van der Waals surface area contributed by atoms with Gasteiger partial charge in [0.05, 0.1) is 0 Å². The van der Waals surface area contributed by atoms with E-state index in [2.05, 4.69) is 11.9 Å². The predicted molar refractivity (Wildman–Crippen MR) is 54.0 cm³/mol. The van der Waals surface area contributed by atoms with Gasteiger partial charge >= 0.3 is 6.03 Å². The third-order valence-electron chi connectivity index (χ3n) is 1.65. The summed E-state index contributed by atoms with van der Waals surface area (Å²) in [5, 5.41) is 2.51. The van der Waals surface area contributed by atoms with E-state index in [1.807, 2.05) is 5.38 Å². The minimum absolute atomic E-state index is 0.427. The molecule has 2 N–H and O–H groups in total. The number of nitrogens with zero attached hydrogens (tertiary/aromatic N) is 2. The number of amides is 2. The van der Waals surface area contributed by atoms with Crippen LogP contribution in [0.1, 0.15) is 19.8 Å². The van der Waals surface area contributed by atoms with Crippen molar-refractivity contribution in [1.29, 1.82) is 0 Å². The maximum absolute atomic E-state index is 11.0. The van der Waals surface area contributed by atoms with Crippen molar-refractivity contribution in [1.82, 2.24) is 4.98 Å². The Morgan fingerprint density at radius 1 is 1.77 bits per heavy atom. The van der Waals surface area contributed by atoms with Crippen molar-refractivity contribution >= 4 is 22.5 Å². The highest BCUT2D eigenvalue weighted by Gasteiger charge is 2.13. The van der Waals surface area contributed by atoms with E-state index in [1.54, 1.807) is 6.20 Å². The molecule has 0 atom stereocenters. The number of anilines is 1. The summed E-state index contributed by atoms with van der Waals surface area (Å²) in [5.41, 5.74) is 5.22. The summed E-state index contributed by atoms with van der Waals surface area (Å²) in [5.74, 6) is 0. The van der Waals surface area contributed by atoms with Gasteiger partial charge in [0.2, 0.25) is 0 Å². The third-order valence-corrected chi connectivity index (χ3v) is 2.45. The second kappa shape index (κ2) is 4.81. The number of carbonyl (C=O) groups is 1. The van der Waals surface area contributed by atoms with Crippen LogP contribution in [-0.4, -0.2) is 17.6 Å². The first kappa shape index (κ1) is 9.98. The second-order valence-corrected chi connectivity index (χ2v) is 3.53. The summed E-state index contributed by atoms with van der Waals surface area (Å²) in [7, 11) is 0. The summed E-state index contributed by atoms with van der Waals surface area (Å²) in [6.45, 7) is 2.72. The Kier molecular flexibility index (Phi) is 3.70. The highest BCUT2D eigenvalue weighted by molar-refractivity contribution is 7.13. The van der Waals surface area contributed by atoms with Gasteiger partial charge in [-0.3, -0.25) is 4.90 Å². The van der Waals surface area contributed by atoms with Crippen LogP contribution in [0.3, 0.4) is 0 Å². The number of hydrogen-bond acceptors (Lipinski definition) is 3. The lowest BCUT2D eigenvalue weighted by atomic mass is 10.3. The van der Waals surface area contributed by atoms with Gasteiger partial charge in [-0.25, -0.2) is 9.78 Å². The van der Waals surface area contributed by atoms with Crippen LogP contribution < -0.4 is 10.6 Å². The Labute approximate surface area is 81.4 Å². The van der Waals surface area contributed by atoms with Crippen LogP contribution >= 0.6 is 11.3 Å². The van der Waals surface area contributed by atoms with Crippen molar-refractivity contribution < 1.29 is 4.79 Å². The van der Waals surface area contributed by atoms with E-state index in [-0.39, 0.29) is 0 Å². The van der Waals surface area contributed by atoms with Crippen LogP contribution in [0.4, 0.5) is 9.93 Å². The number of thiazole rings is 1. The normalized spacial score (nSPS) is 9.92. The molecule has 0 radical (unpaired) electrons. The number of unbranched alkanes of at least 4 members (excludes halogenated alkanes) is 1. The number of primary amides is 1. The topological polar surface area (TPSA) is 59.2 Å². The average Bonchev–Trinajstić information content (AvgIpc) is 2.57. The molecule has 0 saturated heterocycles. The van der Waals surface area contributed by atoms with Crippen LogP contribution in [0.15, 0.2) is 11.6 Å². The Morgan fingerprint density at radius 2 is 2.54 bits per heavy atom. The van der Waals surface area contributed by atoms with Gasteiger partial charge in [0.1, 0.15) is 0 Å². The smallest absolute Gasteiger partial charge is 0.321 e. The lowest BCUT2D eigenvalue weighted by Gasteiger charge is -2.16. The van der Waals surface area contributed by atoms with Crippen molar-refractivity contribution in [2.75, 3.05) is 11.4 Å². The first-order valence-electron chi connectivity index (χ1n) is 4.22. The van der Waals surface area contributed by atoms with E-state index < -0.39 is 6.03 Å². The maximum atomic E-state index is 11.0. The van der Waals surface area contributed by atoms with Crippen LogP contribution in [0.5, 0.6) is 0 Å². The third kappa shape index (κ3) is 2.69. The molecule has 4 nitrogen and oxygen atoms in total. The van der Waals surface area contributed by atoms with Crippen LogP contribution in [0.2, 0.25) is 0 Å². The minimum atomic E-state index is -0.427. The first-order chi connectivity index (χ1) is 6.25. The number of nitrogens with two attached hydrogens (primary N) is 1. The molecule has 0 aliphatic rings. The molecule has 1 heterocycles. The number of carbonyl (C=O) groups excluding carboxylic acids is 1. The van der Waals surface area contributed by atoms with Gasteiger partial charge in [-0.15, -0.1) is 11.3 Å². The molecule has 0 aliphatic carbocycles. The van der Waals surface area contributed by atoms with E-state index in [0.29, 0.717) is 11.7 Å². The molecule has 0 spiro atoms. The summed E-state index contributed by atoms with van der Waals surface area (Å²) in [4.78, 5) is 16.6. The van der Waals surface area contributed by atoms with Crippen LogP contribution in [0.25, 0.3) is 0 Å².